The van der Waals surface area contributed by atoms with Gasteiger partial charge < -0.3 is 53.5 Å². The first-order valence-corrected chi connectivity index (χ1v) is 20.1. The highest BCUT2D eigenvalue weighted by atomic mass is 16.6. The van der Waals surface area contributed by atoms with E-state index in [9.17, 15) is 4.79 Å². The fraction of sp³-hybridized carbons (Fsp3) is 0.512. The molecule has 1 fully saturated rings. The number of rotatable bonds is 28. The molecule has 2 aromatic carbocycles. The second kappa shape index (κ2) is 25.9. The molecular formula is C43H60N6O9. The van der Waals surface area contributed by atoms with E-state index in [-0.39, 0.29) is 11.9 Å². The number of hydrogen-bond donors (Lipinski definition) is 2. The Kier molecular flexibility index (Phi) is 20.0. The predicted molar refractivity (Wildman–Crippen MR) is 221 cm³/mol. The summed E-state index contributed by atoms with van der Waals surface area (Å²) in [5.74, 6) is 0.434. The number of nitrogens with zero attached hydrogens (tertiary/aromatic N) is 4. The minimum Gasteiger partial charge on any atom is -0.491 e. The van der Waals surface area contributed by atoms with Crippen LogP contribution < -0.4 is 15.8 Å². The van der Waals surface area contributed by atoms with Crippen molar-refractivity contribution in [3.8, 4) is 22.6 Å². The summed E-state index contributed by atoms with van der Waals surface area (Å²) in [4.78, 5) is 24.7. The highest BCUT2D eigenvalue weighted by Crippen LogP contribution is 2.25. The van der Waals surface area contributed by atoms with E-state index < -0.39 is 0 Å². The zero-order valence-electron chi connectivity index (χ0n) is 34.0. The number of aryl methyl sites for hydroxylation is 1. The molecule has 1 aliphatic rings. The van der Waals surface area contributed by atoms with Gasteiger partial charge in [0, 0.05) is 50.0 Å². The SMILES string of the molecule is COCCOCCOCCOCCOCCOCCOCCOc1ccc(-c2ccnc(C(=O)Nc3cc(CN4CCC[C@H](N)C4)cc(-n4cnc(C)c4)c3)c2)cc1. The summed E-state index contributed by atoms with van der Waals surface area (Å²) < 4.78 is 45.7. The number of pyridine rings is 1. The zero-order chi connectivity index (χ0) is 40.6. The van der Waals surface area contributed by atoms with Crippen LogP contribution in [0.25, 0.3) is 16.8 Å². The van der Waals surface area contributed by atoms with Crippen molar-refractivity contribution in [2.75, 3.05) is 118 Å². The maximum atomic E-state index is 13.5. The lowest BCUT2D eigenvalue weighted by Crippen LogP contribution is -2.42. The molecular weight excluding hydrogens is 745 g/mol. The van der Waals surface area contributed by atoms with Gasteiger partial charge in [-0.1, -0.05) is 12.1 Å². The first kappa shape index (κ1) is 44.8. The minimum atomic E-state index is -0.291. The van der Waals surface area contributed by atoms with Crippen LogP contribution in [0.2, 0.25) is 0 Å². The molecule has 58 heavy (non-hydrogen) atoms. The van der Waals surface area contributed by atoms with Crippen LogP contribution in [0.5, 0.6) is 5.75 Å². The molecule has 1 aliphatic heterocycles. The first-order chi connectivity index (χ1) is 28.5. The Morgan fingerprint density at radius 1 is 0.759 bits per heavy atom. The van der Waals surface area contributed by atoms with E-state index in [4.69, 9.17) is 43.6 Å². The van der Waals surface area contributed by atoms with Crippen molar-refractivity contribution in [3.63, 3.8) is 0 Å². The molecule has 1 saturated heterocycles. The average molecular weight is 805 g/mol. The Morgan fingerprint density at radius 3 is 1.97 bits per heavy atom. The number of carbonyl (C=O) groups excluding carboxylic acids is 1. The Morgan fingerprint density at radius 2 is 1.38 bits per heavy atom. The highest BCUT2D eigenvalue weighted by Gasteiger charge is 2.18. The maximum Gasteiger partial charge on any atom is 0.274 e. The molecule has 1 atom stereocenters. The largest absolute Gasteiger partial charge is 0.491 e. The number of benzene rings is 2. The molecule has 0 saturated carbocycles. The summed E-state index contributed by atoms with van der Waals surface area (Å²) in [6.07, 6.45) is 7.53. The number of hydrogen-bond acceptors (Lipinski definition) is 13. The Bertz CT molecular complexity index is 1760. The molecule has 3 N–H and O–H groups in total. The standard InChI is InChI=1S/C43H60N6O9/c1-34-30-49(33-46-34)40-27-35(31-48-11-3-4-38(44)32-48)26-39(29-40)47-43(50)42-28-37(9-10-45-42)36-5-7-41(8-6-36)58-25-24-57-23-22-56-21-20-55-19-18-54-17-16-53-15-14-52-13-12-51-2/h5-10,26-30,33,38H,3-4,11-25,31-32,44H2,1-2H3,(H,47,50)/t38-/m0/s1. The van der Waals surface area contributed by atoms with E-state index in [1.165, 1.54) is 0 Å². The van der Waals surface area contributed by atoms with Crippen LogP contribution in [0.4, 0.5) is 5.69 Å². The van der Waals surface area contributed by atoms with E-state index in [0.29, 0.717) is 104 Å². The molecule has 15 nitrogen and oxygen atoms in total. The second-order valence-corrected chi connectivity index (χ2v) is 13.9. The number of imidazole rings is 1. The zero-order valence-corrected chi connectivity index (χ0v) is 34.0. The molecule has 0 bridgehead atoms. The van der Waals surface area contributed by atoms with Gasteiger partial charge in [0.1, 0.15) is 18.1 Å². The maximum absolute atomic E-state index is 13.5. The number of nitrogens with two attached hydrogens (primary N) is 1. The third-order valence-corrected chi connectivity index (χ3v) is 9.16. The number of methoxy groups -OCH3 is 1. The summed E-state index contributed by atoms with van der Waals surface area (Å²) in [6.45, 7) is 11.6. The lowest BCUT2D eigenvalue weighted by atomic mass is 10.0. The number of amides is 1. The molecule has 2 aromatic heterocycles. The Labute approximate surface area is 342 Å². The van der Waals surface area contributed by atoms with Gasteiger partial charge in [0.25, 0.3) is 5.91 Å². The van der Waals surface area contributed by atoms with Crippen LogP contribution in [-0.4, -0.2) is 144 Å². The summed E-state index contributed by atoms with van der Waals surface area (Å²) in [5, 5.41) is 3.08. The molecule has 0 aliphatic carbocycles. The summed E-state index contributed by atoms with van der Waals surface area (Å²) in [6, 6.07) is 17.7. The molecule has 0 radical (unpaired) electrons. The number of ether oxygens (including phenoxy) is 8. The van der Waals surface area contributed by atoms with Crippen LogP contribution in [0.1, 0.15) is 34.6 Å². The molecule has 0 unspecified atom stereocenters. The molecule has 3 heterocycles. The van der Waals surface area contributed by atoms with Crippen LogP contribution >= 0.6 is 0 Å². The number of likely N-dealkylation sites (tertiary alicyclic amines) is 1. The van der Waals surface area contributed by atoms with Crippen LogP contribution in [0.15, 0.2) is 73.3 Å². The van der Waals surface area contributed by atoms with Crippen LogP contribution in [0, 0.1) is 6.92 Å². The van der Waals surface area contributed by atoms with E-state index in [2.05, 4.69) is 26.3 Å². The number of nitrogens with one attached hydrogen (secondary N) is 1. The van der Waals surface area contributed by atoms with Gasteiger partial charge >= 0.3 is 0 Å². The minimum absolute atomic E-state index is 0.182. The highest BCUT2D eigenvalue weighted by molar-refractivity contribution is 6.03. The lowest BCUT2D eigenvalue weighted by molar-refractivity contribution is -0.0199. The molecule has 0 spiro atoms. The van der Waals surface area contributed by atoms with Crippen molar-refractivity contribution >= 4 is 11.6 Å². The fourth-order valence-electron chi connectivity index (χ4n) is 6.28. The topological polar surface area (TPSA) is 163 Å². The van der Waals surface area contributed by atoms with Gasteiger partial charge in [-0.05, 0) is 85.5 Å². The van der Waals surface area contributed by atoms with Crippen LogP contribution in [0.3, 0.4) is 0 Å². The average Bonchev–Trinajstić information content (AvgIpc) is 3.68. The Balaban J connectivity index is 0.960. The van der Waals surface area contributed by atoms with E-state index in [1.54, 1.807) is 25.7 Å². The smallest absolute Gasteiger partial charge is 0.274 e. The van der Waals surface area contributed by atoms with Gasteiger partial charge in [-0.25, -0.2) is 4.98 Å². The van der Waals surface area contributed by atoms with Crippen molar-refractivity contribution in [1.82, 2.24) is 19.4 Å². The van der Waals surface area contributed by atoms with Gasteiger partial charge in [-0.3, -0.25) is 14.7 Å². The van der Waals surface area contributed by atoms with Gasteiger partial charge in [0.15, 0.2) is 0 Å². The Hall–Kier alpha value is -4.29. The monoisotopic (exact) mass is 804 g/mol. The van der Waals surface area contributed by atoms with Crippen molar-refractivity contribution in [1.29, 1.82) is 0 Å². The quantitative estimate of drug-likeness (QED) is 0.0771. The molecule has 15 heteroatoms. The number of aromatic nitrogens is 3. The van der Waals surface area contributed by atoms with Gasteiger partial charge in [0.2, 0.25) is 0 Å². The summed E-state index contributed by atoms with van der Waals surface area (Å²) >= 11 is 0. The number of piperidine rings is 1. The third kappa shape index (κ3) is 16.5. The van der Waals surface area contributed by atoms with E-state index >= 15 is 0 Å². The first-order valence-electron chi connectivity index (χ1n) is 20.1. The normalized spacial score (nSPS) is 14.5. The summed E-state index contributed by atoms with van der Waals surface area (Å²) in [5.41, 5.74) is 12.0. The van der Waals surface area contributed by atoms with E-state index in [1.807, 2.05) is 60.2 Å². The third-order valence-electron chi connectivity index (χ3n) is 9.16. The number of carbonyl (C=O) groups is 1. The van der Waals surface area contributed by atoms with Gasteiger partial charge in [-0.15, -0.1) is 0 Å². The molecule has 316 valence electrons. The molecule has 4 aromatic rings. The van der Waals surface area contributed by atoms with Gasteiger partial charge in [0.05, 0.1) is 97.9 Å². The van der Waals surface area contributed by atoms with Crippen molar-refractivity contribution in [3.05, 3.63) is 90.3 Å². The number of anilines is 1. The van der Waals surface area contributed by atoms with Gasteiger partial charge in [-0.2, -0.15) is 0 Å². The van der Waals surface area contributed by atoms with Crippen LogP contribution in [-0.2, 0) is 39.7 Å². The van der Waals surface area contributed by atoms with Crippen molar-refractivity contribution in [2.45, 2.75) is 32.4 Å². The summed E-state index contributed by atoms with van der Waals surface area (Å²) in [7, 11) is 1.64. The van der Waals surface area contributed by atoms with E-state index in [0.717, 1.165) is 66.3 Å². The van der Waals surface area contributed by atoms with Crippen molar-refractivity contribution in [2.24, 2.45) is 5.73 Å². The lowest BCUT2D eigenvalue weighted by Gasteiger charge is -2.30. The second-order valence-electron chi connectivity index (χ2n) is 13.9. The molecule has 1 amide bonds. The fourth-order valence-corrected chi connectivity index (χ4v) is 6.28. The van der Waals surface area contributed by atoms with Crippen molar-refractivity contribution < 1.29 is 42.7 Å². The molecule has 5 rings (SSSR count). The predicted octanol–water partition coefficient (Wildman–Crippen LogP) is 4.54.